The van der Waals surface area contributed by atoms with Crippen molar-refractivity contribution < 1.29 is 23.9 Å². The topological polar surface area (TPSA) is 81.7 Å². The van der Waals surface area contributed by atoms with E-state index in [1.807, 2.05) is 6.07 Å². The number of esters is 2. The van der Waals surface area contributed by atoms with Gasteiger partial charge in [-0.25, -0.2) is 4.79 Å². The highest BCUT2D eigenvalue weighted by atomic mass is 35.5. The monoisotopic (exact) mass is 407 g/mol. The lowest BCUT2D eigenvalue weighted by Crippen LogP contribution is -2.22. The van der Waals surface area contributed by atoms with Crippen LogP contribution in [0.25, 0.3) is 11.1 Å². The highest BCUT2D eigenvalue weighted by Gasteiger charge is 2.31. The molecule has 2 aromatic rings. The van der Waals surface area contributed by atoms with Crippen LogP contribution in [0.5, 0.6) is 0 Å². The number of nitrogens with one attached hydrogen (secondary N) is 1. The maximum absolute atomic E-state index is 12.5. The first-order valence-corrected chi connectivity index (χ1v) is 9.77. The van der Waals surface area contributed by atoms with Crippen molar-refractivity contribution in [1.82, 2.24) is 0 Å². The molecule has 3 rings (SSSR count). The van der Waals surface area contributed by atoms with Crippen LogP contribution >= 0.6 is 22.9 Å². The van der Waals surface area contributed by atoms with Gasteiger partial charge in [0, 0.05) is 21.5 Å². The summed E-state index contributed by atoms with van der Waals surface area (Å²) in [4.78, 5) is 36.2. The third-order valence-electron chi connectivity index (χ3n) is 3.94. The number of carbonyl (C=O) groups is 3. The lowest BCUT2D eigenvalue weighted by molar-refractivity contribution is -0.148. The van der Waals surface area contributed by atoms with E-state index in [9.17, 15) is 14.4 Å². The number of amides is 1. The van der Waals surface area contributed by atoms with Crippen LogP contribution in [0.3, 0.4) is 0 Å². The summed E-state index contributed by atoms with van der Waals surface area (Å²) in [5.74, 6) is -1.51. The summed E-state index contributed by atoms with van der Waals surface area (Å²) in [6, 6.07) is 7.11. The SMILES string of the molecule is CCOC(=O)c1c(-c2ccccc2Cl)csc1NC(=O)COC(=O)C1CC1. The molecule has 0 atom stereocenters. The number of halogens is 1. The van der Waals surface area contributed by atoms with E-state index in [4.69, 9.17) is 21.1 Å². The van der Waals surface area contributed by atoms with E-state index in [0.29, 0.717) is 21.2 Å². The first kappa shape index (κ1) is 19.4. The van der Waals surface area contributed by atoms with Gasteiger partial charge in [0.25, 0.3) is 5.91 Å². The van der Waals surface area contributed by atoms with Crippen molar-refractivity contribution in [3.05, 3.63) is 40.2 Å². The zero-order valence-corrected chi connectivity index (χ0v) is 16.2. The third kappa shape index (κ3) is 4.67. The predicted molar refractivity (Wildman–Crippen MR) is 103 cm³/mol. The van der Waals surface area contributed by atoms with Crippen LogP contribution < -0.4 is 5.32 Å². The molecule has 0 aliphatic heterocycles. The highest BCUT2D eigenvalue weighted by Crippen LogP contribution is 2.39. The van der Waals surface area contributed by atoms with Crippen LogP contribution in [0.1, 0.15) is 30.1 Å². The van der Waals surface area contributed by atoms with E-state index in [-0.39, 0.29) is 24.1 Å². The summed E-state index contributed by atoms with van der Waals surface area (Å²) in [7, 11) is 0. The van der Waals surface area contributed by atoms with Crippen molar-refractivity contribution in [2.24, 2.45) is 5.92 Å². The fourth-order valence-electron chi connectivity index (χ4n) is 2.47. The van der Waals surface area contributed by atoms with Crippen LogP contribution in [-0.2, 0) is 19.1 Å². The lowest BCUT2D eigenvalue weighted by atomic mass is 10.0. The summed E-state index contributed by atoms with van der Waals surface area (Å²) < 4.78 is 10.1. The molecular formula is C19H18ClNO5S. The van der Waals surface area contributed by atoms with Crippen LogP contribution in [0.4, 0.5) is 5.00 Å². The van der Waals surface area contributed by atoms with Gasteiger partial charge >= 0.3 is 11.9 Å². The summed E-state index contributed by atoms with van der Waals surface area (Å²) in [5, 5.41) is 5.18. The van der Waals surface area contributed by atoms with Gasteiger partial charge in [0.05, 0.1) is 12.5 Å². The Labute approximate surface area is 165 Å². The Balaban J connectivity index is 1.81. The van der Waals surface area contributed by atoms with Gasteiger partial charge in [0.1, 0.15) is 10.6 Å². The second kappa shape index (κ2) is 8.54. The van der Waals surface area contributed by atoms with Crippen LogP contribution in [0.15, 0.2) is 29.6 Å². The van der Waals surface area contributed by atoms with Gasteiger partial charge in [-0.15, -0.1) is 11.3 Å². The molecule has 0 bridgehead atoms. The van der Waals surface area contributed by atoms with E-state index in [1.165, 1.54) is 11.3 Å². The summed E-state index contributed by atoms with van der Waals surface area (Å²) in [5.41, 5.74) is 1.48. The molecule has 8 heteroatoms. The standard InChI is InChI=1S/C19H18ClNO5S/c1-2-25-19(24)16-13(12-5-3-4-6-14(12)20)10-27-17(16)21-15(22)9-26-18(23)11-7-8-11/h3-6,10-11H,2,7-9H2,1H3,(H,21,22). The second-order valence-electron chi connectivity index (χ2n) is 5.98. The Bertz CT molecular complexity index is 875. The molecule has 0 spiro atoms. The minimum absolute atomic E-state index is 0.0820. The van der Waals surface area contributed by atoms with Crippen molar-refractivity contribution in [2.75, 3.05) is 18.5 Å². The van der Waals surface area contributed by atoms with Crippen molar-refractivity contribution in [1.29, 1.82) is 0 Å². The largest absolute Gasteiger partial charge is 0.462 e. The Hall–Kier alpha value is -2.38. The molecule has 1 aliphatic carbocycles. The third-order valence-corrected chi connectivity index (χ3v) is 5.17. The van der Waals surface area contributed by atoms with Gasteiger partial charge in [-0.2, -0.15) is 0 Å². The van der Waals surface area contributed by atoms with Gasteiger partial charge in [0.15, 0.2) is 6.61 Å². The summed E-state index contributed by atoms with van der Waals surface area (Å²) >= 11 is 7.44. The Morgan fingerprint density at radius 3 is 2.59 bits per heavy atom. The predicted octanol–water partition coefficient (Wildman–Crippen LogP) is 4.14. The van der Waals surface area contributed by atoms with Gasteiger partial charge < -0.3 is 14.8 Å². The maximum Gasteiger partial charge on any atom is 0.341 e. The number of anilines is 1. The van der Waals surface area contributed by atoms with Crippen LogP contribution in [0.2, 0.25) is 5.02 Å². The first-order chi connectivity index (χ1) is 13.0. The number of rotatable bonds is 7. The molecule has 1 aromatic carbocycles. The number of thiophene rings is 1. The molecule has 142 valence electrons. The van der Waals surface area contributed by atoms with Gasteiger partial charge in [-0.3, -0.25) is 9.59 Å². The van der Waals surface area contributed by atoms with E-state index in [1.54, 1.807) is 30.5 Å². The molecule has 1 heterocycles. The summed E-state index contributed by atoms with van der Waals surface area (Å²) in [6.45, 7) is 1.51. The molecule has 0 saturated heterocycles. The minimum Gasteiger partial charge on any atom is -0.462 e. The highest BCUT2D eigenvalue weighted by molar-refractivity contribution is 7.15. The Morgan fingerprint density at radius 2 is 1.93 bits per heavy atom. The first-order valence-electron chi connectivity index (χ1n) is 8.51. The fourth-order valence-corrected chi connectivity index (χ4v) is 3.67. The molecule has 1 saturated carbocycles. The van der Waals surface area contributed by atoms with E-state index >= 15 is 0 Å². The van der Waals surface area contributed by atoms with Crippen molar-refractivity contribution in [3.63, 3.8) is 0 Å². The molecule has 1 fully saturated rings. The average Bonchev–Trinajstić information content (AvgIpc) is 3.42. The molecule has 1 N–H and O–H groups in total. The molecule has 1 aromatic heterocycles. The van der Waals surface area contributed by atoms with Crippen LogP contribution in [0, 0.1) is 5.92 Å². The van der Waals surface area contributed by atoms with Gasteiger partial charge in [0.2, 0.25) is 0 Å². The molecule has 27 heavy (non-hydrogen) atoms. The lowest BCUT2D eigenvalue weighted by Gasteiger charge is -2.10. The number of ether oxygens (including phenoxy) is 2. The number of hydrogen-bond donors (Lipinski definition) is 1. The molecule has 0 unspecified atom stereocenters. The quantitative estimate of drug-likeness (QED) is 0.697. The molecule has 1 amide bonds. The van der Waals surface area contributed by atoms with E-state index in [0.717, 1.165) is 12.8 Å². The number of hydrogen-bond acceptors (Lipinski definition) is 6. The summed E-state index contributed by atoms with van der Waals surface area (Å²) in [6.07, 6.45) is 1.61. The molecule has 6 nitrogen and oxygen atoms in total. The van der Waals surface area contributed by atoms with Crippen molar-refractivity contribution in [3.8, 4) is 11.1 Å². The maximum atomic E-state index is 12.5. The van der Waals surface area contributed by atoms with E-state index in [2.05, 4.69) is 5.32 Å². The Kier molecular flexibility index (Phi) is 6.13. The molecule has 1 aliphatic rings. The van der Waals surface area contributed by atoms with Crippen LogP contribution in [-0.4, -0.2) is 31.1 Å². The Morgan fingerprint density at radius 1 is 1.19 bits per heavy atom. The smallest absolute Gasteiger partial charge is 0.341 e. The zero-order chi connectivity index (χ0) is 19.4. The van der Waals surface area contributed by atoms with E-state index < -0.39 is 18.5 Å². The van der Waals surface area contributed by atoms with Crippen molar-refractivity contribution in [2.45, 2.75) is 19.8 Å². The number of benzene rings is 1. The minimum atomic E-state index is -0.557. The normalized spacial score (nSPS) is 13.1. The number of carbonyl (C=O) groups excluding carboxylic acids is 3. The molecular weight excluding hydrogens is 390 g/mol. The van der Waals surface area contributed by atoms with Gasteiger partial charge in [-0.05, 0) is 25.8 Å². The van der Waals surface area contributed by atoms with Crippen molar-refractivity contribution >= 4 is 45.8 Å². The second-order valence-corrected chi connectivity index (χ2v) is 7.27. The van der Waals surface area contributed by atoms with Gasteiger partial charge in [-0.1, -0.05) is 29.8 Å². The fraction of sp³-hybridized carbons (Fsp3) is 0.316. The zero-order valence-electron chi connectivity index (χ0n) is 14.6. The molecule has 0 radical (unpaired) electrons. The average molecular weight is 408 g/mol.